The van der Waals surface area contributed by atoms with Gasteiger partial charge in [0.15, 0.2) is 5.58 Å². The molecule has 24 heavy (non-hydrogen) atoms. The zero-order valence-corrected chi connectivity index (χ0v) is 13.7. The van der Waals surface area contributed by atoms with E-state index in [2.05, 4.69) is 41.2 Å². The smallest absolute Gasteiger partial charge is 0.227 e. The van der Waals surface area contributed by atoms with E-state index in [1.54, 1.807) is 12.7 Å². The van der Waals surface area contributed by atoms with E-state index in [-0.39, 0.29) is 0 Å². The van der Waals surface area contributed by atoms with E-state index in [0.29, 0.717) is 11.8 Å². The fraction of sp³-hybridized carbons (Fsp3) is 0.211. The van der Waals surface area contributed by atoms with Crippen molar-refractivity contribution in [2.24, 2.45) is 0 Å². The first-order chi connectivity index (χ1) is 11.7. The van der Waals surface area contributed by atoms with Gasteiger partial charge in [-0.25, -0.2) is 4.98 Å². The fourth-order valence-electron chi connectivity index (χ4n) is 2.72. The average molecular weight is 318 g/mol. The van der Waals surface area contributed by atoms with Gasteiger partial charge >= 0.3 is 0 Å². The van der Waals surface area contributed by atoms with Crippen LogP contribution in [0.15, 0.2) is 59.5 Å². The van der Waals surface area contributed by atoms with Gasteiger partial charge in [0.2, 0.25) is 5.89 Å². The summed E-state index contributed by atoms with van der Waals surface area (Å²) in [6.07, 6.45) is 4.45. The molecule has 5 heteroatoms. The second-order valence-corrected chi connectivity index (χ2v) is 5.97. The zero-order chi connectivity index (χ0) is 16.5. The van der Waals surface area contributed by atoms with Crippen molar-refractivity contribution in [1.29, 1.82) is 0 Å². The summed E-state index contributed by atoms with van der Waals surface area (Å²) in [5.41, 5.74) is 4.98. The van der Waals surface area contributed by atoms with Gasteiger partial charge in [0.1, 0.15) is 18.2 Å². The SMILES string of the molecule is CC[C@H](C)c1ccc2oc(-c3ccc(-n4cnnc4)cc3)nc2c1. The third kappa shape index (κ3) is 2.58. The Kier molecular flexibility index (Phi) is 3.61. The van der Waals surface area contributed by atoms with Crippen molar-refractivity contribution in [3.63, 3.8) is 0 Å². The Hall–Kier alpha value is -2.95. The highest BCUT2D eigenvalue weighted by molar-refractivity contribution is 5.77. The van der Waals surface area contributed by atoms with Crippen molar-refractivity contribution in [2.45, 2.75) is 26.2 Å². The second kappa shape index (κ2) is 5.92. The molecule has 0 aliphatic carbocycles. The van der Waals surface area contributed by atoms with Crippen molar-refractivity contribution in [3.05, 3.63) is 60.7 Å². The van der Waals surface area contributed by atoms with E-state index < -0.39 is 0 Å². The molecule has 0 aliphatic heterocycles. The maximum atomic E-state index is 5.91. The monoisotopic (exact) mass is 318 g/mol. The lowest BCUT2D eigenvalue weighted by Crippen LogP contribution is -1.90. The van der Waals surface area contributed by atoms with E-state index in [1.165, 1.54) is 5.56 Å². The second-order valence-electron chi connectivity index (χ2n) is 5.97. The van der Waals surface area contributed by atoms with E-state index in [0.717, 1.165) is 28.8 Å². The van der Waals surface area contributed by atoms with Crippen molar-refractivity contribution in [2.75, 3.05) is 0 Å². The Morgan fingerprint density at radius 1 is 1.04 bits per heavy atom. The van der Waals surface area contributed by atoms with Gasteiger partial charge in [-0.3, -0.25) is 4.57 Å². The standard InChI is InChI=1S/C19H18N4O/c1-3-13(2)15-6-9-18-17(10-15)22-19(24-18)14-4-7-16(8-5-14)23-11-20-21-12-23/h4-13H,3H2,1-2H3/t13-/m0/s1. The van der Waals surface area contributed by atoms with Gasteiger partial charge in [0.25, 0.3) is 0 Å². The Morgan fingerprint density at radius 3 is 2.50 bits per heavy atom. The number of hydrogen-bond acceptors (Lipinski definition) is 4. The van der Waals surface area contributed by atoms with E-state index in [4.69, 9.17) is 4.42 Å². The molecule has 4 rings (SSSR count). The highest BCUT2D eigenvalue weighted by Gasteiger charge is 2.11. The lowest BCUT2D eigenvalue weighted by molar-refractivity contribution is 0.619. The number of aromatic nitrogens is 4. The molecule has 0 radical (unpaired) electrons. The topological polar surface area (TPSA) is 56.7 Å². The normalized spacial score (nSPS) is 12.6. The summed E-state index contributed by atoms with van der Waals surface area (Å²) >= 11 is 0. The summed E-state index contributed by atoms with van der Waals surface area (Å²) in [5.74, 6) is 1.17. The molecule has 1 atom stereocenters. The van der Waals surface area contributed by atoms with Crippen LogP contribution in [0.5, 0.6) is 0 Å². The van der Waals surface area contributed by atoms with Crippen LogP contribution in [0.4, 0.5) is 0 Å². The summed E-state index contributed by atoms with van der Waals surface area (Å²) in [6, 6.07) is 14.3. The van der Waals surface area contributed by atoms with Crippen LogP contribution < -0.4 is 0 Å². The molecule has 2 aromatic carbocycles. The van der Waals surface area contributed by atoms with E-state index in [1.807, 2.05) is 34.9 Å². The minimum absolute atomic E-state index is 0.526. The minimum atomic E-state index is 0.526. The summed E-state index contributed by atoms with van der Waals surface area (Å²) in [7, 11) is 0. The number of hydrogen-bond donors (Lipinski definition) is 0. The lowest BCUT2D eigenvalue weighted by atomic mass is 9.98. The van der Waals surface area contributed by atoms with Crippen LogP contribution in [0, 0.1) is 0 Å². The molecule has 0 unspecified atom stereocenters. The molecule has 0 spiro atoms. The molecule has 2 heterocycles. The fourth-order valence-corrected chi connectivity index (χ4v) is 2.72. The molecule has 4 aromatic rings. The van der Waals surface area contributed by atoms with Crippen LogP contribution >= 0.6 is 0 Å². The number of benzene rings is 2. The van der Waals surface area contributed by atoms with Crippen molar-refractivity contribution >= 4 is 11.1 Å². The minimum Gasteiger partial charge on any atom is -0.436 e. The predicted molar refractivity (Wildman–Crippen MR) is 93.1 cm³/mol. The molecule has 5 nitrogen and oxygen atoms in total. The third-order valence-electron chi connectivity index (χ3n) is 4.42. The first-order valence-corrected chi connectivity index (χ1v) is 8.10. The third-order valence-corrected chi connectivity index (χ3v) is 4.42. The van der Waals surface area contributed by atoms with Crippen LogP contribution in [-0.2, 0) is 0 Å². The maximum absolute atomic E-state index is 5.91. The number of nitrogens with zero attached hydrogens (tertiary/aromatic N) is 4. The summed E-state index contributed by atoms with van der Waals surface area (Å²) in [4.78, 5) is 4.65. The molecular formula is C19H18N4O. The van der Waals surface area contributed by atoms with Crippen molar-refractivity contribution in [3.8, 4) is 17.1 Å². The maximum Gasteiger partial charge on any atom is 0.227 e. The van der Waals surface area contributed by atoms with Crippen LogP contribution in [0.1, 0.15) is 31.7 Å². The predicted octanol–water partition coefficient (Wildman–Crippen LogP) is 4.59. The van der Waals surface area contributed by atoms with Gasteiger partial charge < -0.3 is 4.42 Å². The molecule has 0 aliphatic rings. The van der Waals surface area contributed by atoms with Gasteiger partial charge in [-0.15, -0.1) is 10.2 Å². The number of rotatable bonds is 4. The lowest BCUT2D eigenvalue weighted by Gasteiger charge is -2.07. The Bertz CT molecular complexity index is 955. The summed E-state index contributed by atoms with van der Waals surface area (Å²) in [5, 5.41) is 7.64. The highest BCUT2D eigenvalue weighted by atomic mass is 16.3. The molecule has 2 aromatic heterocycles. The molecule has 120 valence electrons. The van der Waals surface area contributed by atoms with Gasteiger partial charge in [0, 0.05) is 11.3 Å². The van der Waals surface area contributed by atoms with Gasteiger partial charge in [-0.1, -0.05) is 19.9 Å². The highest BCUT2D eigenvalue weighted by Crippen LogP contribution is 2.28. The van der Waals surface area contributed by atoms with Gasteiger partial charge in [-0.2, -0.15) is 0 Å². The van der Waals surface area contributed by atoms with E-state index in [9.17, 15) is 0 Å². The molecule has 0 amide bonds. The van der Waals surface area contributed by atoms with Crippen molar-refractivity contribution in [1.82, 2.24) is 19.7 Å². The molecule has 0 bridgehead atoms. The Morgan fingerprint density at radius 2 is 1.79 bits per heavy atom. The first-order valence-electron chi connectivity index (χ1n) is 8.10. The van der Waals surface area contributed by atoms with Crippen LogP contribution in [0.3, 0.4) is 0 Å². The number of oxazole rings is 1. The molecular weight excluding hydrogens is 300 g/mol. The van der Waals surface area contributed by atoms with Crippen molar-refractivity contribution < 1.29 is 4.42 Å². The quantitative estimate of drug-likeness (QED) is 0.552. The Labute approximate surface area is 140 Å². The van der Waals surface area contributed by atoms with E-state index >= 15 is 0 Å². The van der Waals surface area contributed by atoms with Crippen LogP contribution in [-0.4, -0.2) is 19.7 Å². The first kappa shape index (κ1) is 14.6. The summed E-state index contributed by atoms with van der Waals surface area (Å²) < 4.78 is 7.77. The number of fused-ring (bicyclic) bond motifs is 1. The van der Waals surface area contributed by atoms with Gasteiger partial charge in [0.05, 0.1) is 0 Å². The zero-order valence-electron chi connectivity index (χ0n) is 13.7. The summed E-state index contributed by atoms with van der Waals surface area (Å²) in [6.45, 7) is 4.42. The molecule has 0 saturated heterocycles. The average Bonchev–Trinajstić information content (AvgIpc) is 3.30. The Balaban J connectivity index is 1.68. The molecule has 0 N–H and O–H groups in total. The van der Waals surface area contributed by atoms with Crippen LogP contribution in [0.25, 0.3) is 28.2 Å². The molecule has 0 saturated carbocycles. The van der Waals surface area contributed by atoms with Gasteiger partial charge in [-0.05, 0) is 54.3 Å². The largest absolute Gasteiger partial charge is 0.436 e. The molecule has 0 fully saturated rings. The van der Waals surface area contributed by atoms with Crippen LogP contribution in [0.2, 0.25) is 0 Å².